The number of ether oxygens (including phenoxy) is 1. The van der Waals surface area contributed by atoms with Crippen LogP contribution in [0.2, 0.25) is 5.02 Å². The fourth-order valence-corrected chi connectivity index (χ4v) is 4.38. The molecule has 0 saturated carbocycles. The molecule has 0 spiro atoms. The van der Waals surface area contributed by atoms with Crippen molar-refractivity contribution in [3.63, 3.8) is 0 Å². The van der Waals surface area contributed by atoms with Gasteiger partial charge in [0.05, 0.1) is 35.1 Å². The SMILES string of the molecule is COc1ccc(C#Cc2ncn3c2[C@@H]2CCCN2C(=O)c2c(Cl)cccc2-3)cc1. The second-order valence-corrected chi connectivity index (χ2v) is 7.52. The number of amides is 1. The van der Waals surface area contributed by atoms with Gasteiger partial charge in [-0.2, -0.15) is 0 Å². The van der Waals surface area contributed by atoms with E-state index < -0.39 is 0 Å². The zero-order valence-electron chi connectivity index (χ0n) is 15.9. The van der Waals surface area contributed by atoms with Crippen molar-refractivity contribution in [1.82, 2.24) is 14.5 Å². The zero-order chi connectivity index (χ0) is 20.0. The van der Waals surface area contributed by atoms with Gasteiger partial charge >= 0.3 is 0 Å². The maximum absolute atomic E-state index is 13.2. The van der Waals surface area contributed by atoms with E-state index in [1.807, 2.05) is 45.9 Å². The molecule has 1 aromatic heterocycles. The highest BCUT2D eigenvalue weighted by molar-refractivity contribution is 6.34. The summed E-state index contributed by atoms with van der Waals surface area (Å²) in [5.74, 6) is 7.17. The van der Waals surface area contributed by atoms with Crippen molar-refractivity contribution in [2.24, 2.45) is 0 Å². The van der Waals surface area contributed by atoms with Gasteiger partial charge in [0, 0.05) is 12.1 Å². The summed E-state index contributed by atoms with van der Waals surface area (Å²) in [5, 5.41) is 0.463. The molecule has 0 aliphatic carbocycles. The highest BCUT2D eigenvalue weighted by atomic mass is 35.5. The Bertz CT molecular complexity index is 1170. The van der Waals surface area contributed by atoms with Gasteiger partial charge in [-0.1, -0.05) is 23.6 Å². The van der Waals surface area contributed by atoms with Gasteiger partial charge in [0.15, 0.2) is 0 Å². The highest BCUT2D eigenvalue weighted by Crippen LogP contribution is 2.41. The minimum Gasteiger partial charge on any atom is -0.497 e. The summed E-state index contributed by atoms with van der Waals surface area (Å²) in [6.45, 7) is 0.713. The molecule has 0 bridgehead atoms. The number of nitrogens with zero attached hydrogens (tertiary/aromatic N) is 3. The molecule has 5 nitrogen and oxygen atoms in total. The van der Waals surface area contributed by atoms with Gasteiger partial charge in [-0.15, -0.1) is 0 Å². The smallest absolute Gasteiger partial charge is 0.258 e. The molecule has 1 amide bonds. The molecule has 1 saturated heterocycles. The third-order valence-corrected chi connectivity index (χ3v) is 5.83. The van der Waals surface area contributed by atoms with Crippen molar-refractivity contribution in [3.8, 4) is 23.3 Å². The van der Waals surface area contributed by atoms with Crippen LogP contribution in [0.1, 0.15) is 46.2 Å². The molecule has 144 valence electrons. The average molecular weight is 404 g/mol. The summed E-state index contributed by atoms with van der Waals surface area (Å²) < 4.78 is 7.18. The molecule has 3 aromatic rings. The standard InChI is InChI=1S/C23H18ClN3O2/c1-29-16-10-7-15(8-11-16)9-12-18-22-20-6-3-13-26(20)23(28)21-17(24)4-2-5-19(21)27(22)14-25-18/h2,4-5,7-8,10-11,14,20H,3,6,13H2,1H3/t20-/m0/s1. The number of fused-ring (bicyclic) bond motifs is 5. The predicted molar refractivity (Wildman–Crippen MR) is 111 cm³/mol. The van der Waals surface area contributed by atoms with Crippen molar-refractivity contribution in [2.45, 2.75) is 18.9 Å². The molecule has 6 heteroatoms. The number of hydrogen-bond acceptors (Lipinski definition) is 3. The number of benzene rings is 2. The Balaban J connectivity index is 1.64. The van der Waals surface area contributed by atoms with Crippen molar-refractivity contribution >= 4 is 17.5 Å². The van der Waals surface area contributed by atoms with Crippen LogP contribution in [0.4, 0.5) is 0 Å². The lowest BCUT2D eigenvalue weighted by Crippen LogP contribution is -2.30. The lowest BCUT2D eigenvalue weighted by Gasteiger charge is -2.22. The van der Waals surface area contributed by atoms with E-state index in [0.717, 1.165) is 35.5 Å². The van der Waals surface area contributed by atoms with Crippen LogP contribution in [0.5, 0.6) is 5.75 Å². The number of carbonyl (C=O) groups excluding carboxylic acids is 1. The summed E-state index contributed by atoms with van der Waals surface area (Å²) in [5.41, 5.74) is 3.82. The molecule has 1 fully saturated rings. The van der Waals surface area contributed by atoms with Gasteiger partial charge in [-0.3, -0.25) is 9.36 Å². The van der Waals surface area contributed by atoms with Crippen LogP contribution < -0.4 is 4.74 Å². The minimum absolute atomic E-state index is 0.0223. The normalized spacial score (nSPS) is 17.0. The van der Waals surface area contributed by atoms with Gasteiger partial charge < -0.3 is 9.64 Å². The fourth-order valence-electron chi connectivity index (χ4n) is 4.13. The monoisotopic (exact) mass is 403 g/mol. The van der Waals surface area contributed by atoms with Crippen LogP contribution in [0.3, 0.4) is 0 Å². The molecule has 29 heavy (non-hydrogen) atoms. The molecule has 0 unspecified atom stereocenters. The molecular formula is C23H18ClN3O2. The maximum Gasteiger partial charge on any atom is 0.258 e. The molecule has 3 heterocycles. The van der Waals surface area contributed by atoms with E-state index in [1.165, 1.54) is 0 Å². The van der Waals surface area contributed by atoms with Gasteiger partial charge in [0.25, 0.3) is 5.91 Å². The largest absolute Gasteiger partial charge is 0.497 e. The summed E-state index contributed by atoms with van der Waals surface area (Å²) >= 11 is 6.42. The van der Waals surface area contributed by atoms with E-state index in [2.05, 4.69) is 16.8 Å². The Morgan fingerprint density at radius 3 is 2.79 bits per heavy atom. The first-order chi connectivity index (χ1) is 14.2. The first-order valence-corrected chi connectivity index (χ1v) is 9.88. The van der Waals surface area contributed by atoms with Crippen molar-refractivity contribution in [3.05, 3.63) is 76.3 Å². The van der Waals surface area contributed by atoms with Gasteiger partial charge in [0.1, 0.15) is 17.8 Å². The van der Waals surface area contributed by atoms with Crippen LogP contribution in [0.15, 0.2) is 48.8 Å². The lowest BCUT2D eigenvalue weighted by molar-refractivity contribution is 0.0738. The molecule has 5 rings (SSSR count). The predicted octanol–water partition coefficient (Wildman–Crippen LogP) is 4.22. The van der Waals surface area contributed by atoms with Crippen LogP contribution in [0.25, 0.3) is 5.69 Å². The van der Waals surface area contributed by atoms with Crippen molar-refractivity contribution in [2.75, 3.05) is 13.7 Å². The summed E-state index contributed by atoms with van der Waals surface area (Å²) in [7, 11) is 1.64. The first-order valence-electron chi connectivity index (χ1n) is 9.50. The topological polar surface area (TPSA) is 47.4 Å². The molecular weight excluding hydrogens is 386 g/mol. The number of aromatic nitrogens is 2. The van der Waals surface area contributed by atoms with E-state index >= 15 is 0 Å². The van der Waals surface area contributed by atoms with Gasteiger partial charge in [0.2, 0.25) is 0 Å². The Morgan fingerprint density at radius 1 is 1.17 bits per heavy atom. The third kappa shape index (κ3) is 2.88. The fraction of sp³-hybridized carbons (Fsp3) is 0.217. The zero-order valence-corrected chi connectivity index (χ0v) is 16.6. The Morgan fingerprint density at radius 2 is 2.00 bits per heavy atom. The minimum atomic E-state index is -0.0476. The average Bonchev–Trinajstić information content (AvgIpc) is 3.36. The maximum atomic E-state index is 13.2. The quantitative estimate of drug-likeness (QED) is 0.571. The second kappa shape index (κ2) is 6.98. The van der Waals surface area contributed by atoms with E-state index in [0.29, 0.717) is 22.8 Å². The number of methoxy groups -OCH3 is 1. The lowest BCUT2D eigenvalue weighted by atomic mass is 10.1. The first kappa shape index (κ1) is 17.8. The number of imidazole rings is 1. The molecule has 0 N–H and O–H groups in total. The van der Waals surface area contributed by atoms with Crippen LogP contribution in [0, 0.1) is 11.8 Å². The number of halogens is 1. The Kier molecular flexibility index (Phi) is 4.30. The van der Waals surface area contributed by atoms with E-state index in [9.17, 15) is 4.79 Å². The van der Waals surface area contributed by atoms with E-state index in [1.54, 1.807) is 19.5 Å². The van der Waals surface area contributed by atoms with Crippen LogP contribution in [-0.2, 0) is 0 Å². The third-order valence-electron chi connectivity index (χ3n) is 5.51. The van der Waals surface area contributed by atoms with Crippen LogP contribution in [-0.4, -0.2) is 34.0 Å². The summed E-state index contributed by atoms with van der Waals surface area (Å²) in [4.78, 5) is 19.7. The molecule has 0 radical (unpaired) electrons. The molecule has 2 aliphatic heterocycles. The second-order valence-electron chi connectivity index (χ2n) is 7.12. The number of carbonyl (C=O) groups is 1. The van der Waals surface area contributed by atoms with Gasteiger partial charge in [-0.05, 0) is 55.2 Å². The summed E-state index contributed by atoms with van der Waals surface area (Å²) in [6, 6.07) is 13.1. The van der Waals surface area contributed by atoms with Crippen molar-refractivity contribution in [1.29, 1.82) is 0 Å². The Hall–Kier alpha value is -3.23. The molecule has 1 atom stereocenters. The highest BCUT2D eigenvalue weighted by Gasteiger charge is 2.39. The summed E-state index contributed by atoms with van der Waals surface area (Å²) in [6.07, 6.45) is 3.59. The Labute approximate surface area is 173 Å². The van der Waals surface area contributed by atoms with Crippen molar-refractivity contribution < 1.29 is 9.53 Å². The van der Waals surface area contributed by atoms with E-state index in [-0.39, 0.29) is 11.9 Å². The molecule has 2 aromatic carbocycles. The van der Waals surface area contributed by atoms with E-state index in [4.69, 9.17) is 16.3 Å². The number of hydrogen-bond donors (Lipinski definition) is 0. The van der Waals surface area contributed by atoms with Crippen LogP contribution >= 0.6 is 11.6 Å². The van der Waals surface area contributed by atoms with Gasteiger partial charge in [-0.25, -0.2) is 4.98 Å². The number of rotatable bonds is 1. The molecule has 2 aliphatic rings.